The molecule has 3 heteroatoms. The van der Waals surface area contributed by atoms with E-state index < -0.39 is 0 Å². The minimum atomic E-state index is 0.407. The molecular weight excluding hydrogens is 234 g/mol. The van der Waals surface area contributed by atoms with E-state index >= 15 is 0 Å². The highest BCUT2D eigenvalue weighted by Gasteiger charge is 2.21. The van der Waals surface area contributed by atoms with E-state index in [4.69, 9.17) is 0 Å². The molecule has 1 aromatic heterocycles. The molecule has 2 heterocycles. The average molecular weight is 261 g/mol. The third kappa shape index (κ3) is 4.29. The molecule has 1 fully saturated rings. The number of pyridine rings is 1. The van der Waals surface area contributed by atoms with Crippen LogP contribution in [0.5, 0.6) is 0 Å². The monoisotopic (exact) mass is 261 g/mol. The molecule has 0 bridgehead atoms. The second-order valence-electron chi connectivity index (χ2n) is 5.57. The lowest BCUT2D eigenvalue weighted by atomic mass is 10.0. The summed E-state index contributed by atoms with van der Waals surface area (Å²) in [6, 6.07) is 7.28. The molecule has 1 aliphatic heterocycles. The van der Waals surface area contributed by atoms with Gasteiger partial charge in [0.05, 0.1) is 5.69 Å². The van der Waals surface area contributed by atoms with Crippen LogP contribution in [-0.4, -0.2) is 35.6 Å². The molecule has 2 atom stereocenters. The molecule has 3 nitrogen and oxygen atoms in total. The Morgan fingerprint density at radius 2 is 2.32 bits per heavy atom. The van der Waals surface area contributed by atoms with Crippen molar-refractivity contribution < 1.29 is 0 Å². The van der Waals surface area contributed by atoms with Gasteiger partial charge in [-0.15, -0.1) is 0 Å². The first-order chi connectivity index (χ1) is 9.31. The smallest absolute Gasteiger partial charge is 0.0572 e. The van der Waals surface area contributed by atoms with Crippen LogP contribution in [0.15, 0.2) is 24.4 Å². The van der Waals surface area contributed by atoms with Crippen LogP contribution in [0.25, 0.3) is 0 Å². The van der Waals surface area contributed by atoms with Gasteiger partial charge in [0.1, 0.15) is 0 Å². The predicted molar refractivity (Wildman–Crippen MR) is 80.2 cm³/mol. The Kier molecular flexibility index (Phi) is 5.80. The lowest BCUT2D eigenvalue weighted by Crippen LogP contribution is -2.44. The van der Waals surface area contributed by atoms with Crippen molar-refractivity contribution >= 4 is 0 Å². The molecule has 19 heavy (non-hydrogen) atoms. The maximum absolute atomic E-state index is 4.51. The molecular formula is C16H27N3. The topological polar surface area (TPSA) is 28.2 Å². The van der Waals surface area contributed by atoms with Crippen molar-refractivity contribution in [1.82, 2.24) is 15.2 Å². The van der Waals surface area contributed by atoms with Gasteiger partial charge in [-0.2, -0.15) is 0 Å². The van der Waals surface area contributed by atoms with E-state index in [0.717, 1.165) is 13.1 Å². The normalized spacial score (nSPS) is 21.5. The molecule has 106 valence electrons. The number of hydrogen-bond acceptors (Lipinski definition) is 3. The van der Waals surface area contributed by atoms with Crippen LogP contribution >= 0.6 is 0 Å². The van der Waals surface area contributed by atoms with E-state index in [1.54, 1.807) is 0 Å². The number of piperidine rings is 1. The molecule has 2 rings (SSSR count). The number of rotatable bonds is 6. The molecule has 1 saturated heterocycles. The zero-order chi connectivity index (χ0) is 13.5. The van der Waals surface area contributed by atoms with Gasteiger partial charge in [0, 0.05) is 24.8 Å². The average Bonchev–Trinajstić information content (AvgIpc) is 2.48. The van der Waals surface area contributed by atoms with Crippen LogP contribution in [0.1, 0.15) is 51.3 Å². The van der Waals surface area contributed by atoms with Crippen molar-refractivity contribution in [1.29, 1.82) is 0 Å². The molecule has 2 unspecified atom stereocenters. The summed E-state index contributed by atoms with van der Waals surface area (Å²) in [7, 11) is 0. The van der Waals surface area contributed by atoms with Gasteiger partial charge >= 0.3 is 0 Å². The van der Waals surface area contributed by atoms with Gasteiger partial charge < -0.3 is 5.32 Å². The summed E-state index contributed by atoms with van der Waals surface area (Å²) in [5.41, 5.74) is 1.19. The maximum Gasteiger partial charge on any atom is 0.0572 e. The Hall–Kier alpha value is -0.930. The first kappa shape index (κ1) is 14.5. The molecule has 0 aromatic carbocycles. The van der Waals surface area contributed by atoms with Crippen LogP contribution in [0.2, 0.25) is 0 Å². The first-order valence-corrected chi connectivity index (χ1v) is 7.69. The van der Waals surface area contributed by atoms with Crippen molar-refractivity contribution in [3.63, 3.8) is 0 Å². The van der Waals surface area contributed by atoms with Gasteiger partial charge in [0.25, 0.3) is 0 Å². The minimum Gasteiger partial charge on any atom is -0.313 e. The summed E-state index contributed by atoms with van der Waals surface area (Å²) in [5.74, 6) is 0. The highest BCUT2D eigenvalue weighted by molar-refractivity contribution is 5.08. The standard InChI is InChI=1S/C16H27N3/c1-3-12-19(13-15-8-4-6-10-17-15)14(2)16-9-5-7-11-18-16/h5,7,9,11,14-15,17H,3-4,6,8,10,12-13H2,1-2H3. The van der Waals surface area contributed by atoms with Gasteiger partial charge in [-0.25, -0.2) is 0 Å². The predicted octanol–water partition coefficient (Wildman–Crippen LogP) is 3.00. The van der Waals surface area contributed by atoms with Gasteiger partial charge in [0.15, 0.2) is 0 Å². The summed E-state index contributed by atoms with van der Waals surface area (Å²) in [6.07, 6.45) is 7.11. The molecule has 1 aromatic rings. The maximum atomic E-state index is 4.51. The zero-order valence-electron chi connectivity index (χ0n) is 12.3. The van der Waals surface area contributed by atoms with Crippen LogP contribution in [-0.2, 0) is 0 Å². The third-order valence-corrected chi connectivity index (χ3v) is 4.04. The largest absolute Gasteiger partial charge is 0.313 e. The SMILES string of the molecule is CCCN(CC1CCCCN1)C(C)c1ccccn1. The van der Waals surface area contributed by atoms with Gasteiger partial charge in [-0.05, 0) is 51.4 Å². The van der Waals surface area contributed by atoms with Crippen molar-refractivity contribution in [2.75, 3.05) is 19.6 Å². The van der Waals surface area contributed by atoms with Gasteiger partial charge in [-0.3, -0.25) is 9.88 Å². The molecule has 0 amide bonds. The van der Waals surface area contributed by atoms with Crippen LogP contribution in [0.3, 0.4) is 0 Å². The Labute approximate surface area is 117 Å². The molecule has 1 N–H and O–H groups in total. The number of nitrogens with zero attached hydrogens (tertiary/aromatic N) is 2. The molecule has 0 radical (unpaired) electrons. The zero-order valence-corrected chi connectivity index (χ0v) is 12.3. The van der Waals surface area contributed by atoms with E-state index in [1.807, 2.05) is 12.3 Å². The number of hydrogen-bond donors (Lipinski definition) is 1. The van der Waals surface area contributed by atoms with Crippen LogP contribution in [0, 0.1) is 0 Å². The summed E-state index contributed by atoms with van der Waals surface area (Å²) < 4.78 is 0. The van der Waals surface area contributed by atoms with Gasteiger partial charge in [0.2, 0.25) is 0 Å². The van der Waals surface area contributed by atoms with Crippen molar-refractivity contribution in [3.8, 4) is 0 Å². The van der Waals surface area contributed by atoms with Crippen LogP contribution in [0.4, 0.5) is 0 Å². The Bertz CT molecular complexity index is 346. The van der Waals surface area contributed by atoms with E-state index in [1.165, 1.54) is 37.9 Å². The second-order valence-corrected chi connectivity index (χ2v) is 5.57. The lowest BCUT2D eigenvalue weighted by Gasteiger charge is -2.34. The summed E-state index contributed by atoms with van der Waals surface area (Å²) in [6.45, 7) is 8.01. The lowest BCUT2D eigenvalue weighted by molar-refractivity contribution is 0.173. The fourth-order valence-electron chi connectivity index (χ4n) is 2.90. The summed E-state index contributed by atoms with van der Waals surface area (Å²) in [4.78, 5) is 7.09. The van der Waals surface area contributed by atoms with Crippen molar-refractivity contribution in [2.24, 2.45) is 0 Å². The minimum absolute atomic E-state index is 0.407. The Morgan fingerprint density at radius 3 is 2.95 bits per heavy atom. The molecule has 0 aliphatic carbocycles. The van der Waals surface area contributed by atoms with Gasteiger partial charge in [-0.1, -0.05) is 19.4 Å². The van der Waals surface area contributed by atoms with E-state index in [-0.39, 0.29) is 0 Å². The van der Waals surface area contributed by atoms with Crippen LogP contribution < -0.4 is 5.32 Å². The van der Waals surface area contributed by atoms with Crippen molar-refractivity contribution in [3.05, 3.63) is 30.1 Å². The fraction of sp³-hybridized carbons (Fsp3) is 0.688. The third-order valence-electron chi connectivity index (χ3n) is 4.04. The van der Waals surface area contributed by atoms with Crippen molar-refractivity contribution in [2.45, 2.75) is 51.6 Å². The summed E-state index contributed by atoms with van der Waals surface area (Å²) >= 11 is 0. The highest BCUT2D eigenvalue weighted by Crippen LogP contribution is 2.20. The highest BCUT2D eigenvalue weighted by atomic mass is 15.2. The molecule has 0 saturated carbocycles. The fourth-order valence-corrected chi connectivity index (χ4v) is 2.90. The van der Waals surface area contributed by atoms with E-state index in [2.05, 4.69) is 41.2 Å². The molecule has 1 aliphatic rings. The Morgan fingerprint density at radius 1 is 1.42 bits per heavy atom. The van der Waals surface area contributed by atoms with E-state index in [0.29, 0.717) is 12.1 Å². The quantitative estimate of drug-likeness (QED) is 0.853. The first-order valence-electron chi connectivity index (χ1n) is 7.69. The summed E-state index contributed by atoms with van der Waals surface area (Å²) in [5, 5.41) is 3.65. The number of nitrogens with one attached hydrogen (secondary N) is 1. The number of aromatic nitrogens is 1. The Balaban J connectivity index is 1.97. The molecule has 0 spiro atoms. The van der Waals surface area contributed by atoms with E-state index in [9.17, 15) is 0 Å². The second kappa shape index (κ2) is 7.61.